The Hall–Kier alpha value is -16.5. The van der Waals surface area contributed by atoms with Crippen molar-refractivity contribution in [2.24, 2.45) is 0 Å². The number of nitriles is 2. The fourth-order valence-corrected chi connectivity index (χ4v) is 19.2. The van der Waals surface area contributed by atoms with Crippen molar-refractivity contribution in [2.45, 2.75) is 0 Å². The van der Waals surface area contributed by atoms with Crippen molar-refractivity contribution in [2.75, 3.05) is 0 Å². The molecule has 0 aliphatic rings. The number of hydrogen-bond donors (Lipinski definition) is 0. The molecule has 0 aliphatic carbocycles. The fraction of sp³-hybridized carbons (Fsp3) is 0. The van der Waals surface area contributed by atoms with Crippen molar-refractivity contribution >= 4 is 131 Å². The highest BCUT2D eigenvalue weighted by molar-refractivity contribution is 6.20. The van der Waals surface area contributed by atoms with E-state index in [9.17, 15) is 10.5 Å². The van der Waals surface area contributed by atoms with E-state index in [1.807, 2.05) is 42.5 Å². The second kappa shape index (κ2) is 26.0. The lowest BCUT2D eigenvalue weighted by Crippen LogP contribution is -2.13. The van der Waals surface area contributed by atoms with E-state index in [0.29, 0.717) is 45.5 Å². The molecule has 0 radical (unpaired) electrons. The Morgan fingerprint density at radius 2 is 0.500 bits per heavy atom. The summed E-state index contributed by atoms with van der Waals surface area (Å²) in [4.78, 5) is 16.6. The second-order valence-electron chi connectivity index (χ2n) is 30.3. The summed E-state index contributed by atoms with van der Waals surface area (Å²) in [7, 11) is 0. The molecule has 118 heavy (non-hydrogen) atoms. The van der Waals surface area contributed by atoms with E-state index in [-0.39, 0.29) is 0 Å². The average molecular weight is 1500 g/mol. The van der Waals surface area contributed by atoms with Crippen LogP contribution in [0.1, 0.15) is 11.1 Å². The van der Waals surface area contributed by atoms with Crippen molar-refractivity contribution in [3.05, 3.63) is 393 Å². The van der Waals surface area contributed by atoms with Gasteiger partial charge in [-0.3, -0.25) is 0 Å². The summed E-state index contributed by atoms with van der Waals surface area (Å²) in [5.41, 5.74) is 24.6. The Labute approximate surface area is 675 Å². The van der Waals surface area contributed by atoms with Gasteiger partial charge in [0.05, 0.1) is 112 Å². The third-order valence-electron chi connectivity index (χ3n) is 24.1. The zero-order chi connectivity index (χ0) is 77.8. The first-order valence-electron chi connectivity index (χ1n) is 39.7. The van der Waals surface area contributed by atoms with Crippen molar-refractivity contribution in [3.8, 4) is 103 Å². The van der Waals surface area contributed by atoms with E-state index in [0.717, 1.165) is 187 Å². The number of aromatic nitrogens is 9. The molecule has 7 aromatic heterocycles. The lowest BCUT2D eigenvalue weighted by Gasteiger charge is -2.28. The molecule has 0 saturated carbocycles. The molecule has 11 heteroatoms. The van der Waals surface area contributed by atoms with Gasteiger partial charge in [0.2, 0.25) is 0 Å². The van der Waals surface area contributed by atoms with Gasteiger partial charge >= 0.3 is 0 Å². The zero-order valence-corrected chi connectivity index (χ0v) is 63.3. The minimum absolute atomic E-state index is 0.442. The van der Waals surface area contributed by atoms with Crippen LogP contribution in [0.3, 0.4) is 0 Å². The zero-order valence-electron chi connectivity index (χ0n) is 63.3. The van der Waals surface area contributed by atoms with Crippen LogP contribution in [0.5, 0.6) is 0 Å². The summed E-state index contributed by atoms with van der Waals surface area (Å²) in [5.74, 6) is 1.42. The highest BCUT2D eigenvalue weighted by Crippen LogP contribution is 2.52. The van der Waals surface area contributed by atoms with E-state index < -0.39 is 0 Å². The average Bonchev–Trinajstić information content (AvgIpc) is 1.50. The summed E-state index contributed by atoms with van der Waals surface area (Å²) in [5, 5.41) is 35.8. The molecule has 0 saturated heterocycles. The topological polar surface area (TPSA) is 116 Å². The Kier molecular flexibility index (Phi) is 14.6. The molecule has 24 aromatic rings. The first-order chi connectivity index (χ1) is 58.5. The molecule has 0 N–H and O–H groups in total. The lowest BCUT2D eigenvalue weighted by molar-refractivity contribution is 1.05. The molecule has 0 spiro atoms. The van der Waals surface area contributed by atoms with Crippen LogP contribution in [0.2, 0.25) is 0 Å². The van der Waals surface area contributed by atoms with Gasteiger partial charge in [0.15, 0.2) is 17.5 Å². The third-order valence-corrected chi connectivity index (χ3v) is 24.1. The van der Waals surface area contributed by atoms with Gasteiger partial charge < -0.3 is 27.4 Å². The summed E-state index contributed by atoms with van der Waals surface area (Å²) >= 11 is 0. The quantitative estimate of drug-likeness (QED) is 0.128. The van der Waals surface area contributed by atoms with Crippen LogP contribution in [0.4, 0.5) is 0 Å². The fourth-order valence-electron chi connectivity index (χ4n) is 19.2. The van der Waals surface area contributed by atoms with Gasteiger partial charge in [0.1, 0.15) is 11.6 Å². The number of benzene rings is 17. The van der Waals surface area contributed by atoms with Crippen LogP contribution in [0, 0.1) is 22.7 Å². The van der Waals surface area contributed by atoms with Crippen LogP contribution in [-0.4, -0.2) is 42.4 Å². The van der Waals surface area contributed by atoms with E-state index in [4.69, 9.17) is 15.0 Å². The molecule has 17 aromatic carbocycles. The van der Waals surface area contributed by atoms with Gasteiger partial charge in [-0.2, -0.15) is 10.5 Å². The molecule has 0 atom stereocenters. The maximum Gasteiger partial charge on any atom is 0.164 e. The summed E-state index contributed by atoms with van der Waals surface area (Å²) in [6, 6.07) is 141. The Balaban J connectivity index is 0.786. The Morgan fingerprint density at radius 1 is 0.203 bits per heavy atom. The maximum atomic E-state index is 11.9. The van der Waals surface area contributed by atoms with Gasteiger partial charge in [0, 0.05) is 86.9 Å². The summed E-state index contributed by atoms with van der Waals surface area (Å²) in [6.45, 7) is 0. The molecule has 0 aliphatic heterocycles. The lowest BCUT2D eigenvalue weighted by atomic mass is 9.96. The first-order valence-corrected chi connectivity index (χ1v) is 39.7. The third kappa shape index (κ3) is 9.77. The molecular formula is C107H63N11. The molecular weight excluding hydrogens is 1440 g/mol. The SMILES string of the molecule is N#Cc1ccc(-c2c(-n3c4ccccc4c4ccccc43)c(-n3c4ccccc4c4ccccc43)cc(-n3c4ccccc4c4c(-c5cccc(-c6nc(-c7ccccc7)nc(-c7cc(-n8c9ccccc9c9ccccc98)c(C#N)c(-n8c9ccccc9c9ccccc98)c7)n6)c5)cccc43)c2-n2c3ccccc3c3ccccc32)cc1. The Morgan fingerprint density at radius 3 is 0.890 bits per heavy atom. The second-order valence-corrected chi connectivity index (χ2v) is 30.3. The molecule has 546 valence electrons. The Bertz CT molecular complexity index is 8080. The van der Waals surface area contributed by atoms with E-state index in [1.54, 1.807) is 0 Å². The monoisotopic (exact) mass is 1500 g/mol. The number of rotatable bonds is 11. The molecule has 0 amide bonds. The number of hydrogen-bond acceptors (Lipinski definition) is 5. The minimum Gasteiger partial charge on any atom is -0.308 e. The first kappa shape index (κ1) is 66.2. The summed E-state index contributed by atoms with van der Waals surface area (Å²) < 4.78 is 14.5. The van der Waals surface area contributed by atoms with Crippen LogP contribution < -0.4 is 0 Å². The minimum atomic E-state index is 0.442. The van der Waals surface area contributed by atoms with Crippen molar-refractivity contribution in [1.82, 2.24) is 42.4 Å². The highest BCUT2D eigenvalue weighted by atomic mass is 15.1. The summed E-state index contributed by atoms with van der Waals surface area (Å²) in [6.07, 6.45) is 0. The molecule has 24 rings (SSSR count). The van der Waals surface area contributed by atoms with Crippen LogP contribution in [0.15, 0.2) is 382 Å². The highest BCUT2D eigenvalue weighted by Gasteiger charge is 2.33. The van der Waals surface area contributed by atoms with Gasteiger partial charge in [0.25, 0.3) is 0 Å². The molecule has 0 fully saturated rings. The van der Waals surface area contributed by atoms with Crippen molar-refractivity contribution in [1.29, 1.82) is 10.5 Å². The molecule has 11 nitrogen and oxygen atoms in total. The molecule has 0 unspecified atom stereocenters. The van der Waals surface area contributed by atoms with E-state index in [2.05, 4.69) is 379 Å². The van der Waals surface area contributed by atoms with E-state index in [1.165, 1.54) is 0 Å². The van der Waals surface area contributed by atoms with Crippen molar-refractivity contribution < 1.29 is 0 Å². The van der Waals surface area contributed by atoms with Gasteiger partial charge in [-0.05, 0) is 126 Å². The molecule has 0 bridgehead atoms. The maximum absolute atomic E-state index is 11.9. The smallest absolute Gasteiger partial charge is 0.164 e. The normalized spacial score (nSPS) is 11.9. The van der Waals surface area contributed by atoms with Crippen LogP contribution in [-0.2, 0) is 0 Å². The number of fused-ring (bicyclic) bond motifs is 18. The van der Waals surface area contributed by atoms with E-state index >= 15 is 0 Å². The van der Waals surface area contributed by atoms with Crippen LogP contribution >= 0.6 is 0 Å². The van der Waals surface area contributed by atoms with Crippen molar-refractivity contribution in [3.63, 3.8) is 0 Å². The largest absolute Gasteiger partial charge is 0.308 e. The predicted molar refractivity (Wildman–Crippen MR) is 482 cm³/mol. The van der Waals surface area contributed by atoms with Gasteiger partial charge in [-0.25, -0.2) is 15.0 Å². The predicted octanol–water partition coefficient (Wildman–Crippen LogP) is 26.5. The van der Waals surface area contributed by atoms with Crippen LogP contribution in [0.25, 0.3) is 221 Å². The van der Waals surface area contributed by atoms with Gasteiger partial charge in [-0.1, -0.05) is 273 Å². The number of para-hydroxylation sites is 11. The van der Waals surface area contributed by atoms with Gasteiger partial charge in [-0.15, -0.1) is 0 Å². The molecule has 7 heterocycles. The standard InChI is InChI=1S/C107H63N11/c108-64-66-56-58-67(59-57-66)101-103(117-91-50-21-10-38-79(91)80-39-11-22-51-92(80)117)99(115-89-48-19-8-36-77(89)78-37-9-20-49-90(78)115)63-100(104(101)118-93-52-23-12-40-81(93)82-41-13-24-53-94(82)118)116-95-54-25-14-42-83(95)102-72(43-27-55-96(102)116)69-30-26-31-70(60-69)106-110-105(68-28-2-1-3-29-68)111-107(112-106)71-61-97(113-85-44-15-4-32-73(85)74-33-5-16-45-86(74)113)84(65-109)98(62-71)114-87-46-17-6-34-75(87)76-35-7-18-47-88(76)114/h1-63H. The number of nitrogens with zero attached hydrogens (tertiary/aromatic N) is 11.